The molecule has 0 amide bonds. The molecule has 2 N–H and O–H groups in total. The molecule has 1 heterocycles. The van der Waals surface area contributed by atoms with Crippen LogP contribution in [0, 0.1) is 18.6 Å². The van der Waals surface area contributed by atoms with E-state index in [0.29, 0.717) is 5.56 Å². The van der Waals surface area contributed by atoms with Crippen LogP contribution in [0.4, 0.5) is 14.6 Å². The summed E-state index contributed by atoms with van der Waals surface area (Å²) in [5.41, 5.74) is 7.60. The number of benzene rings is 2. The maximum absolute atomic E-state index is 14.0. The van der Waals surface area contributed by atoms with Crippen molar-refractivity contribution in [2.45, 2.75) is 6.92 Å². The molecule has 2 aromatic carbocycles. The van der Waals surface area contributed by atoms with E-state index in [1.165, 1.54) is 18.2 Å². The third-order valence-corrected chi connectivity index (χ3v) is 3.32. The summed E-state index contributed by atoms with van der Waals surface area (Å²) in [4.78, 5) is 0. The van der Waals surface area contributed by atoms with Crippen LogP contribution >= 0.6 is 0 Å². The fourth-order valence-corrected chi connectivity index (χ4v) is 2.30. The largest absolute Gasteiger partial charge is 0.380 e. The normalized spacial score (nSPS) is 10.8. The standard InChI is InChI=1S/C16H12F2N2O/c1-9-5-2-3-6-10(9)13-15(21-20-16(13)19)14-11(17)7-4-8-12(14)18/h2-8H,1H3,(H2,19,20). The zero-order chi connectivity index (χ0) is 15.0. The van der Waals surface area contributed by atoms with E-state index in [1.54, 1.807) is 6.07 Å². The highest BCUT2D eigenvalue weighted by molar-refractivity contribution is 5.88. The van der Waals surface area contributed by atoms with E-state index in [1.807, 2.05) is 25.1 Å². The first-order chi connectivity index (χ1) is 10.1. The van der Waals surface area contributed by atoms with Gasteiger partial charge in [-0.15, -0.1) is 0 Å². The van der Waals surface area contributed by atoms with Crippen molar-refractivity contribution in [3.05, 3.63) is 59.7 Å². The number of rotatable bonds is 2. The zero-order valence-corrected chi connectivity index (χ0v) is 11.2. The summed E-state index contributed by atoms with van der Waals surface area (Å²) in [6, 6.07) is 11.0. The zero-order valence-electron chi connectivity index (χ0n) is 11.2. The van der Waals surface area contributed by atoms with Crippen molar-refractivity contribution in [3.8, 4) is 22.5 Å². The lowest BCUT2D eigenvalue weighted by Gasteiger charge is -2.07. The molecule has 3 aromatic rings. The van der Waals surface area contributed by atoms with Gasteiger partial charge in [-0.05, 0) is 30.2 Å². The third kappa shape index (κ3) is 2.16. The minimum absolute atomic E-state index is 0.00241. The monoisotopic (exact) mass is 286 g/mol. The number of nitrogens with zero attached hydrogens (tertiary/aromatic N) is 1. The molecule has 3 nitrogen and oxygen atoms in total. The lowest BCUT2D eigenvalue weighted by molar-refractivity contribution is 0.430. The fourth-order valence-electron chi connectivity index (χ4n) is 2.30. The van der Waals surface area contributed by atoms with Crippen LogP contribution in [-0.4, -0.2) is 5.16 Å². The van der Waals surface area contributed by atoms with Crippen molar-refractivity contribution >= 4 is 5.82 Å². The van der Waals surface area contributed by atoms with Crippen LogP contribution in [-0.2, 0) is 0 Å². The number of anilines is 1. The van der Waals surface area contributed by atoms with Crippen molar-refractivity contribution < 1.29 is 13.3 Å². The molecule has 0 aliphatic rings. The van der Waals surface area contributed by atoms with Gasteiger partial charge >= 0.3 is 0 Å². The van der Waals surface area contributed by atoms with Crippen molar-refractivity contribution in [1.82, 2.24) is 5.16 Å². The van der Waals surface area contributed by atoms with E-state index < -0.39 is 11.6 Å². The summed E-state index contributed by atoms with van der Waals surface area (Å²) >= 11 is 0. The Kier molecular flexibility index (Phi) is 3.17. The Morgan fingerprint density at radius 1 is 0.952 bits per heavy atom. The van der Waals surface area contributed by atoms with Crippen LogP contribution in [0.5, 0.6) is 0 Å². The number of aromatic nitrogens is 1. The van der Waals surface area contributed by atoms with Crippen LogP contribution in [0.1, 0.15) is 5.56 Å². The lowest BCUT2D eigenvalue weighted by Crippen LogP contribution is -1.93. The smallest absolute Gasteiger partial charge is 0.182 e. The molecule has 0 atom stereocenters. The van der Waals surface area contributed by atoms with Gasteiger partial charge < -0.3 is 10.3 Å². The molecule has 0 radical (unpaired) electrons. The van der Waals surface area contributed by atoms with Gasteiger partial charge in [-0.25, -0.2) is 8.78 Å². The van der Waals surface area contributed by atoms with Gasteiger partial charge in [0.15, 0.2) is 11.6 Å². The molecule has 3 rings (SSSR count). The van der Waals surface area contributed by atoms with Crippen molar-refractivity contribution in [1.29, 1.82) is 0 Å². The molecule has 0 unspecified atom stereocenters. The molecule has 0 aliphatic heterocycles. The van der Waals surface area contributed by atoms with Crippen LogP contribution in [0.15, 0.2) is 47.0 Å². The molecule has 0 spiro atoms. The first kappa shape index (κ1) is 13.3. The van der Waals surface area contributed by atoms with Crippen LogP contribution in [0.25, 0.3) is 22.5 Å². The van der Waals surface area contributed by atoms with Gasteiger partial charge in [-0.1, -0.05) is 35.5 Å². The number of hydrogen-bond acceptors (Lipinski definition) is 3. The summed E-state index contributed by atoms with van der Waals surface area (Å²) in [5, 5.41) is 3.66. The minimum atomic E-state index is -0.721. The minimum Gasteiger partial charge on any atom is -0.380 e. The van der Waals surface area contributed by atoms with Crippen LogP contribution in [0.2, 0.25) is 0 Å². The van der Waals surface area contributed by atoms with Crippen molar-refractivity contribution in [2.24, 2.45) is 0 Å². The van der Waals surface area contributed by atoms with Gasteiger partial charge in [-0.2, -0.15) is 0 Å². The Balaban J connectivity index is 2.31. The molecule has 1 aromatic heterocycles. The highest BCUT2D eigenvalue weighted by atomic mass is 19.1. The second-order valence-electron chi connectivity index (χ2n) is 4.68. The Labute approximate surface area is 120 Å². The fraction of sp³-hybridized carbons (Fsp3) is 0.0625. The molecule has 5 heteroatoms. The third-order valence-electron chi connectivity index (χ3n) is 3.32. The van der Waals surface area contributed by atoms with E-state index in [-0.39, 0.29) is 17.1 Å². The Morgan fingerprint density at radius 2 is 1.62 bits per heavy atom. The summed E-state index contributed by atoms with van der Waals surface area (Å²) < 4.78 is 33.0. The highest BCUT2D eigenvalue weighted by Gasteiger charge is 2.24. The van der Waals surface area contributed by atoms with Gasteiger partial charge in [0.25, 0.3) is 0 Å². The first-order valence-corrected chi connectivity index (χ1v) is 6.35. The van der Waals surface area contributed by atoms with Gasteiger partial charge in [0.1, 0.15) is 11.6 Å². The number of nitrogens with two attached hydrogens (primary N) is 1. The summed E-state index contributed by atoms with van der Waals surface area (Å²) in [5.74, 6) is -1.35. The molecule has 106 valence electrons. The SMILES string of the molecule is Cc1ccccc1-c1c(N)noc1-c1c(F)cccc1F. The number of halogens is 2. The van der Waals surface area contributed by atoms with Gasteiger partial charge in [0, 0.05) is 0 Å². The van der Waals surface area contributed by atoms with Crippen molar-refractivity contribution in [2.75, 3.05) is 5.73 Å². The predicted octanol–water partition coefficient (Wildman–Crippen LogP) is 4.18. The Morgan fingerprint density at radius 3 is 2.29 bits per heavy atom. The summed E-state index contributed by atoms with van der Waals surface area (Å²) in [6.45, 7) is 1.88. The molecule has 0 bridgehead atoms. The maximum Gasteiger partial charge on any atom is 0.182 e. The van der Waals surface area contributed by atoms with Gasteiger partial charge in [0.2, 0.25) is 0 Å². The molecule has 0 aliphatic carbocycles. The van der Waals surface area contributed by atoms with Gasteiger partial charge in [-0.3, -0.25) is 0 Å². The number of aryl methyl sites for hydroxylation is 1. The number of hydrogen-bond donors (Lipinski definition) is 1. The average Bonchev–Trinajstić information content (AvgIpc) is 2.81. The van der Waals surface area contributed by atoms with E-state index in [0.717, 1.165) is 11.1 Å². The van der Waals surface area contributed by atoms with E-state index in [4.69, 9.17) is 10.3 Å². The molecule has 0 saturated heterocycles. The average molecular weight is 286 g/mol. The number of nitrogen functional groups attached to an aromatic ring is 1. The topological polar surface area (TPSA) is 52.0 Å². The Hall–Kier alpha value is -2.69. The Bertz CT molecular complexity index is 792. The second-order valence-corrected chi connectivity index (χ2v) is 4.68. The van der Waals surface area contributed by atoms with Crippen molar-refractivity contribution in [3.63, 3.8) is 0 Å². The van der Waals surface area contributed by atoms with Gasteiger partial charge in [0.05, 0.1) is 11.1 Å². The molecular weight excluding hydrogens is 274 g/mol. The van der Waals surface area contributed by atoms with E-state index in [9.17, 15) is 8.78 Å². The van der Waals surface area contributed by atoms with Crippen LogP contribution in [0.3, 0.4) is 0 Å². The van der Waals surface area contributed by atoms with E-state index >= 15 is 0 Å². The molecule has 0 saturated carbocycles. The quantitative estimate of drug-likeness (QED) is 0.769. The second kappa shape index (κ2) is 5.01. The lowest BCUT2D eigenvalue weighted by atomic mass is 9.97. The highest BCUT2D eigenvalue weighted by Crippen LogP contribution is 2.39. The molecule has 0 fully saturated rings. The van der Waals surface area contributed by atoms with E-state index in [2.05, 4.69) is 5.16 Å². The maximum atomic E-state index is 14.0. The summed E-state index contributed by atoms with van der Waals surface area (Å²) in [7, 11) is 0. The first-order valence-electron chi connectivity index (χ1n) is 6.35. The molecular formula is C16H12F2N2O. The molecule has 21 heavy (non-hydrogen) atoms. The van der Waals surface area contributed by atoms with Crippen LogP contribution < -0.4 is 5.73 Å². The predicted molar refractivity (Wildman–Crippen MR) is 76.4 cm³/mol. The summed E-state index contributed by atoms with van der Waals surface area (Å²) in [6.07, 6.45) is 0.